The molecule has 102 valence electrons. The van der Waals surface area contributed by atoms with E-state index in [1.165, 1.54) is 17.4 Å². The second kappa shape index (κ2) is 5.57. The Bertz CT molecular complexity index is 521. The lowest BCUT2D eigenvalue weighted by Gasteiger charge is -2.20. The number of amides is 1. The molecular weight excluding hydrogens is 262 g/mol. The van der Waals surface area contributed by atoms with Gasteiger partial charge in [0, 0.05) is 23.5 Å². The van der Waals surface area contributed by atoms with Crippen LogP contribution >= 0.6 is 11.3 Å². The molecule has 2 rings (SSSR count). The summed E-state index contributed by atoms with van der Waals surface area (Å²) in [5.74, 6) is -0.384. The van der Waals surface area contributed by atoms with Crippen LogP contribution in [0, 0.1) is 5.92 Å². The summed E-state index contributed by atoms with van der Waals surface area (Å²) < 4.78 is 0. The number of carbonyl (C=O) groups is 2. The first kappa shape index (κ1) is 13.8. The zero-order valence-electron chi connectivity index (χ0n) is 11.0. The van der Waals surface area contributed by atoms with Gasteiger partial charge in [-0.05, 0) is 37.5 Å². The van der Waals surface area contributed by atoms with Crippen molar-refractivity contribution in [3.63, 3.8) is 0 Å². The molecule has 19 heavy (non-hydrogen) atoms. The molecular formula is C14H17NO3S. The molecule has 1 N–H and O–H groups in total. The second-order valence-corrected chi connectivity index (χ2v) is 6.14. The highest BCUT2D eigenvalue weighted by Gasteiger charge is 2.30. The largest absolute Gasteiger partial charge is 0.478 e. The minimum atomic E-state index is -0.983. The van der Waals surface area contributed by atoms with Gasteiger partial charge in [-0.2, -0.15) is 0 Å². The molecule has 0 aliphatic carbocycles. The minimum Gasteiger partial charge on any atom is -0.478 e. The smallest absolute Gasteiger partial charge is 0.328 e. The van der Waals surface area contributed by atoms with Crippen molar-refractivity contribution in [2.45, 2.75) is 26.3 Å². The monoisotopic (exact) mass is 279 g/mol. The Kier molecular flexibility index (Phi) is 4.04. The van der Waals surface area contributed by atoms with E-state index in [0.29, 0.717) is 10.8 Å². The van der Waals surface area contributed by atoms with Crippen LogP contribution in [0.1, 0.15) is 34.8 Å². The summed E-state index contributed by atoms with van der Waals surface area (Å²) in [5.41, 5.74) is 0. The Morgan fingerprint density at radius 1 is 1.42 bits per heavy atom. The van der Waals surface area contributed by atoms with Gasteiger partial charge in [-0.25, -0.2) is 4.79 Å². The molecule has 2 unspecified atom stereocenters. The summed E-state index contributed by atoms with van der Waals surface area (Å²) >= 11 is 1.33. The summed E-state index contributed by atoms with van der Waals surface area (Å²) in [5, 5.41) is 8.57. The SMILES string of the molecule is CC1CC(C)N(C(=O)c2ccc(/C=C/C(=O)O)s2)C1. The quantitative estimate of drug-likeness (QED) is 0.865. The number of hydrogen-bond acceptors (Lipinski definition) is 3. The maximum atomic E-state index is 12.4. The molecule has 0 bridgehead atoms. The number of rotatable bonds is 3. The molecule has 0 spiro atoms. The number of nitrogens with zero attached hydrogens (tertiary/aromatic N) is 1. The highest BCUT2D eigenvalue weighted by Crippen LogP contribution is 2.27. The van der Waals surface area contributed by atoms with Gasteiger partial charge >= 0.3 is 5.97 Å². The van der Waals surface area contributed by atoms with Crippen LogP contribution in [0.5, 0.6) is 0 Å². The summed E-state index contributed by atoms with van der Waals surface area (Å²) in [4.78, 5) is 26.2. The van der Waals surface area contributed by atoms with E-state index in [-0.39, 0.29) is 11.9 Å². The van der Waals surface area contributed by atoms with Crippen LogP contribution in [0.15, 0.2) is 18.2 Å². The molecule has 0 radical (unpaired) electrons. The molecule has 2 heterocycles. The molecule has 1 amide bonds. The van der Waals surface area contributed by atoms with Crippen LogP contribution in [0.2, 0.25) is 0 Å². The molecule has 1 aliphatic heterocycles. The standard InChI is InChI=1S/C14H17NO3S/c1-9-7-10(2)15(8-9)14(18)12-5-3-11(19-12)4-6-13(16)17/h3-6,9-10H,7-8H2,1-2H3,(H,16,17)/b6-4+. The number of aliphatic carboxylic acids is 1. The molecule has 1 fully saturated rings. The number of carboxylic acids is 1. The van der Waals surface area contributed by atoms with Gasteiger partial charge in [0.15, 0.2) is 0 Å². The third-order valence-electron chi connectivity index (χ3n) is 3.27. The van der Waals surface area contributed by atoms with E-state index in [2.05, 4.69) is 13.8 Å². The van der Waals surface area contributed by atoms with Gasteiger partial charge in [0.25, 0.3) is 5.91 Å². The van der Waals surface area contributed by atoms with Crippen LogP contribution in [0.25, 0.3) is 6.08 Å². The van der Waals surface area contributed by atoms with Crippen molar-refractivity contribution < 1.29 is 14.7 Å². The maximum absolute atomic E-state index is 12.4. The van der Waals surface area contributed by atoms with Gasteiger partial charge in [0.05, 0.1) is 4.88 Å². The van der Waals surface area contributed by atoms with Crippen molar-refractivity contribution >= 4 is 29.3 Å². The normalized spacial score (nSPS) is 23.2. The van der Waals surface area contributed by atoms with Crippen LogP contribution < -0.4 is 0 Å². The third-order valence-corrected chi connectivity index (χ3v) is 4.31. The molecule has 5 heteroatoms. The van der Waals surface area contributed by atoms with E-state index in [1.807, 2.05) is 4.90 Å². The number of thiophene rings is 1. The summed E-state index contributed by atoms with van der Waals surface area (Å²) in [6.07, 6.45) is 3.64. The van der Waals surface area contributed by atoms with Gasteiger partial charge in [-0.1, -0.05) is 6.92 Å². The summed E-state index contributed by atoms with van der Waals surface area (Å²) in [6.45, 7) is 5.03. The predicted molar refractivity (Wildman–Crippen MR) is 75.3 cm³/mol. The van der Waals surface area contributed by atoms with Crippen molar-refractivity contribution in [1.82, 2.24) is 4.90 Å². The van der Waals surface area contributed by atoms with E-state index in [0.717, 1.165) is 23.9 Å². The van der Waals surface area contributed by atoms with E-state index in [4.69, 9.17) is 5.11 Å². The van der Waals surface area contributed by atoms with Gasteiger partial charge in [-0.3, -0.25) is 4.79 Å². The zero-order valence-corrected chi connectivity index (χ0v) is 11.8. The van der Waals surface area contributed by atoms with Crippen LogP contribution in [0.3, 0.4) is 0 Å². The minimum absolute atomic E-state index is 0.0526. The molecule has 1 aliphatic rings. The molecule has 1 saturated heterocycles. The molecule has 0 aromatic carbocycles. The lowest BCUT2D eigenvalue weighted by Crippen LogP contribution is -2.33. The Morgan fingerprint density at radius 2 is 2.16 bits per heavy atom. The molecule has 0 saturated carbocycles. The van der Waals surface area contributed by atoms with Crippen LogP contribution in [-0.2, 0) is 4.79 Å². The van der Waals surface area contributed by atoms with Gasteiger partial charge < -0.3 is 10.0 Å². The fourth-order valence-corrected chi connectivity index (χ4v) is 3.30. The number of carboxylic acid groups (broad SMARTS) is 1. The topological polar surface area (TPSA) is 57.6 Å². The third kappa shape index (κ3) is 3.23. The Hall–Kier alpha value is -1.62. The first-order chi connectivity index (χ1) is 8.97. The fraction of sp³-hybridized carbons (Fsp3) is 0.429. The number of likely N-dealkylation sites (tertiary alicyclic amines) is 1. The number of hydrogen-bond donors (Lipinski definition) is 1. The average molecular weight is 279 g/mol. The summed E-state index contributed by atoms with van der Waals surface area (Å²) in [7, 11) is 0. The van der Waals surface area contributed by atoms with Crippen LogP contribution in [0.4, 0.5) is 0 Å². The Labute approximate surface area is 116 Å². The van der Waals surface area contributed by atoms with E-state index >= 15 is 0 Å². The Balaban J connectivity index is 2.10. The fourth-order valence-electron chi connectivity index (χ4n) is 2.44. The maximum Gasteiger partial charge on any atom is 0.328 e. The van der Waals surface area contributed by atoms with Crippen LogP contribution in [-0.4, -0.2) is 34.5 Å². The van der Waals surface area contributed by atoms with Gasteiger partial charge in [-0.15, -0.1) is 11.3 Å². The highest BCUT2D eigenvalue weighted by atomic mass is 32.1. The van der Waals surface area contributed by atoms with Gasteiger partial charge in [0.2, 0.25) is 0 Å². The average Bonchev–Trinajstić information content (AvgIpc) is 2.92. The lowest BCUT2D eigenvalue weighted by atomic mass is 10.1. The van der Waals surface area contributed by atoms with E-state index in [9.17, 15) is 9.59 Å². The summed E-state index contributed by atoms with van der Waals surface area (Å²) in [6, 6.07) is 3.83. The van der Waals surface area contributed by atoms with E-state index in [1.54, 1.807) is 12.1 Å². The number of carbonyl (C=O) groups excluding carboxylic acids is 1. The first-order valence-electron chi connectivity index (χ1n) is 6.29. The lowest BCUT2D eigenvalue weighted by molar-refractivity contribution is -0.131. The highest BCUT2D eigenvalue weighted by molar-refractivity contribution is 7.14. The molecule has 4 nitrogen and oxygen atoms in total. The zero-order chi connectivity index (χ0) is 14.0. The van der Waals surface area contributed by atoms with Crippen molar-refractivity contribution in [3.8, 4) is 0 Å². The van der Waals surface area contributed by atoms with Gasteiger partial charge in [0.1, 0.15) is 0 Å². The molecule has 1 aromatic heterocycles. The van der Waals surface area contributed by atoms with Crippen molar-refractivity contribution in [1.29, 1.82) is 0 Å². The van der Waals surface area contributed by atoms with Crippen molar-refractivity contribution in [2.75, 3.05) is 6.54 Å². The van der Waals surface area contributed by atoms with Crippen molar-refractivity contribution in [2.24, 2.45) is 5.92 Å². The predicted octanol–water partition coefficient (Wildman–Crippen LogP) is 2.72. The van der Waals surface area contributed by atoms with Crippen molar-refractivity contribution in [3.05, 3.63) is 28.0 Å². The Morgan fingerprint density at radius 3 is 2.74 bits per heavy atom. The molecule has 1 aromatic rings. The first-order valence-corrected chi connectivity index (χ1v) is 7.11. The second-order valence-electron chi connectivity index (χ2n) is 5.02. The molecule has 2 atom stereocenters. The van der Waals surface area contributed by atoms with E-state index < -0.39 is 5.97 Å².